The second-order valence-corrected chi connectivity index (χ2v) is 8.32. The third-order valence-corrected chi connectivity index (χ3v) is 6.76. The van der Waals surface area contributed by atoms with Gasteiger partial charge in [-0.1, -0.05) is 35.5 Å². The zero-order chi connectivity index (χ0) is 18.1. The lowest BCUT2D eigenvalue weighted by Crippen LogP contribution is -2.48. The maximum Gasteiger partial charge on any atom is 0.137 e. The van der Waals surface area contributed by atoms with Gasteiger partial charge in [-0.15, -0.1) is 0 Å². The average Bonchev–Trinajstić information content (AvgIpc) is 2.80. The Kier molecular flexibility index (Phi) is 5.53. The summed E-state index contributed by atoms with van der Waals surface area (Å²) in [6.45, 7) is 4.61. The lowest BCUT2D eigenvalue weighted by atomic mass is 9.96. The highest BCUT2D eigenvalue weighted by Crippen LogP contribution is 2.44. The highest BCUT2D eigenvalue weighted by Gasteiger charge is 2.31. The minimum atomic E-state index is -0.154. The number of hydrogen-bond donors (Lipinski definition) is 1. The van der Waals surface area contributed by atoms with Crippen LogP contribution in [0.3, 0.4) is 0 Å². The van der Waals surface area contributed by atoms with Gasteiger partial charge < -0.3 is 5.11 Å². The molecule has 0 amide bonds. The van der Waals surface area contributed by atoms with Crippen LogP contribution in [0.1, 0.15) is 17.2 Å². The highest BCUT2D eigenvalue weighted by molar-refractivity contribution is 7.99. The zero-order valence-electron chi connectivity index (χ0n) is 14.5. The summed E-state index contributed by atoms with van der Waals surface area (Å²) in [5.41, 5.74) is 2.25. The van der Waals surface area contributed by atoms with Crippen LogP contribution in [0.5, 0.6) is 0 Å². The second-order valence-electron chi connectivity index (χ2n) is 6.83. The second kappa shape index (κ2) is 7.87. The smallest absolute Gasteiger partial charge is 0.137 e. The van der Waals surface area contributed by atoms with Crippen molar-refractivity contribution in [3.8, 4) is 0 Å². The molecule has 1 saturated heterocycles. The first kappa shape index (κ1) is 18.3. The van der Waals surface area contributed by atoms with Crippen LogP contribution in [-0.2, 0) is 6.42 Å². The van der Waals surface area contributed by atoms with Crippen LogP contribution in [0, 0.1) is 5.82 Å². The number of benzene rings is 2. The first-order chi connectivity index (χ1) is 12.7. The summed E-state index contributed by atoms with van der Waals surface area (Å²) < 4.78 is 14.6. The number of aliphatic hydroxyl groups is 1. The Bertz CT molecular complexity index is 795. The molecule has 2 aromatic carbocycles. The molecule has 0 radical (unpaired) electrons. The van der Waals surface area contributed by atoms with Gasteiger partial charge in [-0.25, -0.2) is 4.39 Å². The van der Waals surface area contributed by atoms with Crippen LogP contribution in [0.15, 0.2) is 46.2 Å². The maximum atomic E-state index is 14.6. The van der Waals surface area contributed by atoms with Crippen molar-refractivity contribution >= 4 is 23.4 Å². The van der Waals surface area contributed by atoms with Crippen molar-refractivity contribution < 1.29 is 9.50 Å². The zero-order valence-corrected chi connectivity index (χ0v) is 16.1. The van der Waals surface area contributed by atoms with Crippen molar-refractivity contribution in [2.75, 3.05) is 39.3 Å². The molecule has 0 spiro atoms. The Morgan fingerprint density at radius 3 is 2.73 bits per heavy atom. The molecule has 2 aromatic rings. The molecule has 1 N–H and O–H groups in total. The molecule has 0 saturated carbocycles. The minimum Gasteiger partial charge on any atom is -0.395 e. The minimum absolute atomic E-state index is 0.143. The van der Waals surface area contributed by atoms with E-state index in [0.29, 0.717) is 0 Å². The quantitative estimate of drug-likeness (QED) is 0.858. The Hall–Kier alpha value is -1.11. The number of aliphatic hydroxyl groups excluding tert-OH is 1. The van der Waals surface area contributed by atoms with Gasteiger partial charge in [0.15, 0.2) is 0 Å². The largest absolute Gasteiger partial charge is 0.395 e. The van der Waals surface area contributed by atoms with Crippen LogP contribution in [0.25, 0.3) is 0 Å². The van der Waals surface area contributed by atoms with E-state index in [2.05, 4.69) is 15.9 Å². The Labute approximate surface area is 162 Å². The van der Waals surface area contributed by atoms with Gasteiger partial charge in [0.25, 0.3) is 0 Å². The number of piperazine rings is 1. The van der Waals surface area contributed by atoms with Crippen molar-refractivity contribution in [2.45, 2.75) is 22.3 Å². The van der Waals surface area contributed by atoms with Gasteiger partial charge in [0.2, 0.25) is 0 Å². The van der Waals surface area contributed by atoms with E-state index in [1.165, 1.54) is 17.3 Å². The summed E-state index contributed by atoms with van der Waals surface area (Å²) in [6, 6.07) is 11.5. The van der Waals surface area contributed by atoms with E-state index in [4.69, 9.17) is 16.7 Å². The van der Waals surface area contributed by atoms with Gasteiger partial charge in [0.05, 0.1) is 11.5 Å². The first-order valence-electron chi connectivity index (χ1n) is 8.97. The topological polar surface area (TPSA) is 26.7 Å². The number of β-amino-alcohol motifs (C(OH)–C–C–N with tert-alkyl or cyclic N) is 1. The van der Waals surface area contributed by atoms with E-state index in [1.54, 1.807) is 6.07 Å². The Morgan fingerprint density at radius 1 is 1.15 bits per heavy atom. The predicted molar refractivity (Wildman–Crippen MR) is 104 cm³/mol. The number of hydrogen-bond acceptors (Lipinski definition) is 4. The van der Waals surface area contributed by atoms with E-state index < -0.39 is 0 Å². The van der Waals surface area contributed by atoms with Crippen molar-refractivity contribution in [3.63, 3.8) is 0 Å². The molecule has 1 atom stereocenters. The van der Waals surface area contributed by atoms with E-state index in [9.17, 15) is 4.39 Å². The summed E-state index contributed by atoms with van der Waals surface area (Å²) >= 11 is 7.74. The third kappa shape index (κ3) is 3.64. The molecule has 26 heavy (non-hydrogen) atoms. The first-order valence-corrected chi connectivity index (χ1v) is 10.2. The third-order valence-electron chi connectivity index (χ3n) is 5.27. The fourth-order valence-corrected chi connectivity index (χ4v) is 5.21. The van der Waals surface area contributed by atoms with Crippen LogP contribution in [-0.4, -0.2) is 54.2 Å². The molecule has 4 rings (SSSR count). The Morgan fingerprint density at radius 2 is 1.96 bits per heavy atom. The molecular weight excluding hydrogens is 371 g/mol. The number of halogens is 2. The fraction of sp³-hybridized carbons (Fsp3) is 0.400. The number of fused-ring (bicyclic) bond motifs is 2. The molecular formula is C20H22ClFN2OS. The summed E-state index contributed by atoms with van der Waals surface area (Å²) in [4.78, 5) is 6.54. The summed E-state index contributed by atoms with van der Waals surface area (Å²) in [7, 11) is 0. The standard InChI is InChI=1S/C20H22ClFN2OS/c21-15-4-5-19-14(12-15)13-18(16-2-1-3-17(22)20(16)26-19)24-8-6-23(7-9-24)10-11-25/h1-5,12,18,25H,6-11,13H2/t18-/m1/s1. The molecule has 2 aliphatic rings. The number of rotatable bonds is 3. The van der Waals surface area contributed by atoms with Gasteiger partial charge in [0.1, 0.15) is 5.82 Å². The summed E-state index contributed by atoms with van der Waals surface area (Å²) in [5, 5.41) is 9.88. The lowest BCUT2D eigenvalue weighted by Gasteiger charge is -2.39. The van der Waals surface area contributed by atoms with E-state index in [1.807, 2.05) is 24.3 Å². The van der Waals surface area contributed by atoms with E-state index >= 15 is 0 Å². The van der Waals surface area contributed by atoms with Gasteiger partial charge in [-0.05, 0) is 41.8 Å². The average molecular weight is 393 g/mol. The molecule has 0 bridgehead atoms. The molecule has 0 aromatic heterocycles. The van der Waals surface area contributed by atoms with Gasteiger partial charge in [-0.3, -0.25) is 9.80 Å². The molecule has 3 nitrogen and oxygen atoms in total. The predicted octanol–water partition coefficient (Wildman–Crippen LogP) is 3.84. The van der Waals surface area contributed by atoms with Gasteiger partial charge in [0, 0.05) is 48.7 Å². The summed E-state index contributed by atoms with van der Waals surface area (Å²) in [6.07, 6.45) is 0.833. The lowest BCUT2D eigenvalue weighted by molar-refractivity contribution is 0.0821. The van der Waals surface area contributed by atoms with Crippen molar-refractivity contribution in [1.29, 1.82) is 0 Å². The normalized spacial score (nSPS) is 21.1. The monoisotopic (exact) mass is 392 g/mol. The van der Waals surface area contributed by atoms with E-state index in [0.717, 1.165) is 59.5 Å². The molecule has 2 heterocycles. The van der Waals surface area contributed by atoms with Crippen molar-refractivity contribution in [1.82, 2.24) is 9.80 Å². The van der Waals surface area contributed by atoms with Gasteiger partial charge >= 0.3 is 0 Å². The summed E-state index contributed by atoms with van der Waals surface area (Å²) in [5.74, 6) is -0.154. The van der Waals surface area contributed by atoms with Crippen LogP contribution >= 0.6 is 23.4 Å². The molecule has 0 unspecified atom stereocenters. The molecule has 138 valence electrons. The van der Waals surface area contributed by atoms with Crippen LogP contribution in [0.4, 0.5) is 4.39 Å². The van der Waals surface area contributed by atoms with E-state index in [-0.39, 0.29) is 18.5 Å². The maximum absolute atomic E-state index is 14.6. The van der Waals surface area contributed by atoms with Crippen LogP contribution in [0.2, 0.25) is 5.02 Å². The van der Waals surface area contributed by atoms with Crippen LogP contribution < -0.4 is 0 Å². The SMILES string of the molecule is OCCN1CCN([C@@H]2Cc3cc(Cl)ccc3Sc3c(F)cccc32)CC1. The fourth-order valence-electron chi connectivity index (χ4n) is 3.90. The molecule has 1 fully saturated rings. The number of nitrogens with zero attached hydrogens (tertiary/aromatic N) is 2. The molecule has 2 aliphatic heterocycles. The Balaban J connectivity index is 1.68. The van der Waals surface area contributed by atoms with Crippen molar-refractivity contribution in [3.05, 3.63) is 58.4 Å². The van der Waals surface area contributed by atoms with Crippen molar-refractivity contribution in [2.24, 2.45) is 0 Å². The highest BCUT2D eigenvalue weighted by atomic mass is 35.5. The van der Waals surface area contributed by atoms with Gasteiger partial charge in [-0.2, -0.15) is 0 Å². The molecule has 6 heteroatoms. The molecule has 0 aliphatic carbocycles.